The monoisotopic (exact) mass is 308 g/mol. The zero-order valence-corrected chi connectivity index (χ0v) is 14.0. The van der Waals surface area contributed by atoms with Gasteiger partial charge in [-0.3, -0.25) is 4.79 Å². The van der Waals surface area contributed by atoms with Crippen molar-refractivity contribution in [3.8, 4) is 0 Å². The van der Waals surface area contributed by atoms with E-state index < -0.39 is 0 Å². The van der Waals surface area contributed by atoms with E-state index in [0.717, 1.165) is 37.0 Å². The second-order valence-electron chi connectivity index (χ2n) is 6.00. The maximum absolute atomic E-state index is 12.8. The molecule has 1 heterocycles. The molecule has 2 aromatic carbocycles. The van der Waals surface area contributed by atoms with Crippen molar-refractivity contribution < 1.29 is 4.79 Å². The van der Waals surface area contributed by atoms with Crippen LogP contribution in [0.3, 0.4) is 0 Å². The molecule has 23 heavy (non-hydrogen) atoms. The number of carbonyl (C=O) groups excluding carboxylic acids is 1. The largest absolute Gasteiger partial charge is 0.341 e. The lowest BCUT2D eigenvalue weighted by Crippen LogP contribution is -2.35. The van der Waals surface area contributed by atoms with Crippen LogP contribution in [0.4, 0.5) is 0 Å². The number of amides is 1. The minimum absolute atomic E-state index is 0.209. The summed E-state index contributed by atoms with van der Waals surface area (Å²) in [7, 11) is 0. The summed E-state index contributed by atoms with van der Waals surface area (Å²) in [5.74, 6) is 0.209. The van der Waals surface area contributed by atoms with Crippen LogP contribution in [0.25, 0.3) is 21.8 Å². The van der Waals surface area contributed by atoms with Gasteiger partial charge >= 0.3 is 0 Å². The van der Waals surface area contributed by atoms with Gasteiger partial charge in [-0.15, -0.1) is 0 Å². The molecule has 0 fully saturated rings. The summed E-state index contributed by atoms with van der Waals surface area (Å²) in [6.45, 7) is 6.33. The molecule has 3 heteroatoms. The Kier molecular flexibility index (Phi) is 4.65. The summed E-state index contributed by atoms with van der Waals surface area (Å²) in [5, 5.41) is 2.43. The Bertz CT molecular complexity index is 759. The maximum atomic E-state index is 12.8. The van der Waals surface area contributed by atoms with Gasteiger partial charge in [0.1, 0.15) is 6.54 Å². The van der Waals surface area contributed by atoms with Crippen molar-refractivity contribution in [2.24, 2.45) is 0 Å². The van der Waals surface area contributed by atoms with Crippen molar-refractivity contribution in [1.29, 1.82) is 0 Å². The number of benzene rings is 2. The zero-order valence-electron chi connectivity index (χ0n) is 14.0. The first kappa shape index (κ1) is 15.6. The molecule has 1 aromatic heterocycles. The predicted molar refractivity (Wildman–Crippen MR) is 96.6 cm³/mol. The Labute approximate surface area is 137 Å². The highest BCUT2D eigenvalue weighted by Crippen LogP contribution is 2.28. The minimum atomic E-state index is 0.209. The third-order valence-corrected chi connectivity index (χ3v) is 4.31. The highest BCUT2D eigenvalue weighted by molar-refractivity contribution is 6.08. The highest BCUT2D eigenvalue weighted by Gasteiger charge is 2.16. The van der Waals surface area contributed by atoms with E-state index in [9.17, 15) is 4.79 Å². The van der Waals surface area contributed by atoms with Crippen molar-refractivity contribution in [3.05, 3.63) is 48.5 Å². The fraction of sp³-hybridized carbons (Fsp3) is 0.350. The van der Waals surface area contributed by atoms with Crippen LogP contribution in [0.15, 0.2) is 48.5 Å². The molecular weight excluding hydrogens is 284 g/mol. The quantitative estimate of drug-likeness (QED) is 0.661. The van der Waals surface area contributed by atoms with Crippen LogP contribution in [-0.4, -0.2) is 28.5 Å². The van der Waals surface area contributed by atoms with Gasteiger partial charge in [0.2, 0.25) is 5.91 Å². The predicted octanol–water partition coefficient (Wildman–Crippen LogP) is 4.44. The van der Waals surface area contributed by atoms with E-state index in [0.29, 0.717) is 6.54 Å². The van der Waals surface area contributed by atoms with E-state index >= 15 is 0 Å². The standard InChI is InChI=1S/C20H24N2O/c1-3-13-21(14-4-2)20(23)15-22-18-11-7-5-9-16(18)17-10-6-8-12-19(17)22/h5-12H,3-4,13-15H2,1-2H3. The average Bonchev–Trinajstić information content (AvgIpc) is 2.89. The molecule has 0 unspecified atom stereocenters. The van der Waals surface area contributed by atoms with Crippen LogP contribution in [0.1, 0.15) is 26.7 Å². The number of para-hydroxylation sites is 2. The molecule has 0 spiro atoms. The third-order valence-electron chi connectivity index (χ3n) is 4.31. The summed E-state index contributed by atoms with van der Waals surface area (Å²) in [6, 6.07) is 16.7. The first-order valence-corrected chi connectivity index (χ1v) is 8.50. The lowest BCUT2D eigenvalue weighted by Gasteiger charge is -2.22. The number of rotatable bonds is 6. The van der Waals surface area contributed by atoms with E-state index in [1.165, 1.54) is 10.8 Å². The lowest BCUT2D eigenvalue weighted by atomic mass is 10.2. The molecule has 3 aromatic rings. The molecule has 0 aliphatic heterocycles. The van der Waals surface area contributed by atoms with E-state index in [-0.39, 0.29) is 5.91 Å². The van der Waals surface area contributed by atoms with Crippen molar-refractivity contribution in [2.75, 3.05) is 13.1 Å². The van der Waals surface area contributed by atoms with Gasteiger partial charge < -0.3 is 9.47 Å². The normalized spacial score (nSPS) is 11.2. The zero-order chi connectivity index (χ0) is 16.2. The first-order chi connectivity index (χ1) is 11.3. The minimum Gasteiger partial charge on any atom is -0.341 e. The SMILES string of the molecule is CCCN(CCC)C(=O)Cn1c2ccccc2c2ccccc21. The van der Waals surface area contributed by atoms with Crippen LogP contribution in [0.5, 0.6) is 0 Å². The van der Waals surface area contributed by atoms with E-state index in [1.807, 2.05) is 17.0 Å². The second-order valence-corrected chi connectivity index (χ2v) is 6.00. The Hall–Kier alpha value is -2.29. The maximum Gasteiger partial charge on any atom is 0.242 e. The molecule has 0 bridgehead atoms. The molecule has 0 saturated heterocycles. The fourth-order valence-electron chi connectivity index (χ4n) is 3.31. The van der Waals surface area contributed by atoms with Gasteiger partial charge in [0.05, 0.1) is 0 Å². The van der Waals surface area contributed by atoms with Crippen molar-refractivity contribution in [2.45, 2.75) is 33.2 Å². The molecule has 0 aliphatic rings. The molecule has 0 saturated carbocycles. The summed E-state index contributed by atoms with van der Waals surface area (Å²) >= 11 is 0. The number of hydrogen-bond donors (Lipinski definition) is 0. The molecule has 3 nitrogen and oxygen atoms in total. The Balaban J connectivity index is 2.02. The van der Waals surface area contributed by atoms with Crippen molar-refractivity contribution in [1.82, 2.24) is 9.47 Å². The number of fused-ring (bicyclic) bond motifs is 3. The lowest BCUT2D eigenvalue weighted by molar-refractivity contribution is -0.131. The summed E-state index contributed by atoms with van der Waals surface area (Å²) in [5.41, 5.74) is 2.27. The number of carbonyl (C=O) groups is 1. The molecular formula is C20H24N2O. The molecule has 0 aliphatic carbocycles. The highest BCUT2D eigenvalue weighted by atomic mass is 16.2. The average molecular weight is 308 g/mol. The summed E-state index contributed by atoms with van der Waals surface area (Å²) < 4.78 is 2.16. The summed E-state index contributed by atoms with van der Waals surface area (Å²) in [6.07, 6.45) is 2.00. The van der Waals surface area contributed by atoms with Gasteiger partial charge in [-0.05, 0) is 25.0 Å². The third kappa shape index (κ3) is 2.96. The first-order valence-electron chi connectivity index (χ1n) is 8.50. The Morgan fingerprint density at radius 2 is 1.35 bits per heavy atom. The molecule has 0 atom stereocenters. The topological polar surface area (TPSA) is 25.2 Å². The van der Waals surface area contributed by atoms with Crippen LogP contribution in [-0.2, 0) is 11.3 Å². The van der Waals surface area contributed by atoms with E-state index in [2.05, 4.69) is 54.8 Å². The molecule has 3 rings (SSSR count). The smallest absolute Gasteiger partial charge is 0.242 e. The molecule has 0 N–H and O–H groups in total. The van der Waals surface area contributed by atoms with Crippen molar-refractivity contribution >= 4 is 27.7 Å². The Morgan fingerprint density at radius 1 is 0.870 bits per heavy atom. The molecule has 0 radical (unpaired) electrons. The van der Waals surface area contributed by atoms with Gasteiger partial charge in [-0.2, -0.15) is 0 Å². The van der Waals surface area contributed by atoms with Crippen LogP contribution in [0, 0.1) is 0 Å². The fourth-order valence-corrected chi connectivity index (χ4v) is 3.31. The van der Waals surface area contributed by atoms with Gasteiger partial charge in [0, 0.05) is 34.9 Å². The van der Waals surface area contributed by atoms with Gasteiger partial charge in [-0.1, -0.05) is 50.2 Å². The molecule has 120 valence electrons. The molecule has 1 amide bonds. The second kappa shape index (κ2) is 6.86. The van der Waals surface area contributed by atoms with Crippen LogP contribution >= 0.6 is 0 Å². The summed E-state index contributed by atoms with van der Waals surface area (Å²) in [4.78, 5) is 14.8. The van der Waals surface area contributed by atoms with Gasteiger partial charge in [0.15, 0.2) is 0 Å². The van der Waals surface area contributed by atoms with Gasteiger partial charge in [0.25, 0.3) is 0 Å². The van der Waals surface area contributed by atoms with Gasteiger partial charge in [-0.25, -0.2) is 0 Å². The van der Waals surface area contributed by atoms with Crippen molar-refractivity contribution in [3.63, 3.8) is 0 Å². The Morgan fingerprint density at radius 3 is 1.83 bits per heavy atom. The number of hydrogen-bond acceptors (Lipinski definition) is 1. The van der Waals surface area contributed by atoms with E-state index in [1.54, 1.807) is 0 Å². The number of nitrogens with zero attached hydrogens (tertiary/aromatic N) is 2. The van der Waals surface area contributed by atoms with E-state index in [4.69, 9.17) is 0 Å². The number of aromatic nitrogens is 1. The van der Waals surface area contributed by atoms with Crippen LogP contribution < -0.4 is 0 Å². The van der Waals surface area contributed by atoms with Crippen LogP contribution in [0.2, 0.25) is 0 Å².